The molecule has 0 aliphatic heterocycles. The van der Waals surface area contributed by atoms with Crippen molar-refractivity contribution in [3.63, 3.8) is 0 Å². The molecule has 0 unspecified atom stereocenters. The van der Waals surface area contributed by atoms with E-state index in [1.54, 1.807) is 0 Å². The molecule has 2 N–H and O–H groups in total. The minimum absolute atomic E-state index is 0.219. The summed E-state index contributed by atoms with van der Waals surface area (Å²) in [5.41, 5.74) is 8.43. The van der Waals surface area contributed by atoms with E-state index in [4.69, 9.17) is 17.3 Å². The van der Waals surface area contributed by atoms with Gasteiger partial charge in [-0.25, -0.2) is 4.98 Å². The minimum Gasteiger partial charge on any atom is -0.394 e. The molecule has 4 nitrogen and oxygen atoms in total. The number of benzene rings is 1. The van der Waals surface area contributed by atoms with Gasteiger partial charge in [-0.3, -0.25) is 0 Å². The Morgan fingerprint density at radius 2 is 1.89 bits per heavy atom. The Hall–Kier alpha value is -1.81. The van der Waals surface area contributed by atoms with E-state index in [0.29, 0.717) is 17.2 Å². The van der Waals surface area contributed by atoms with Crippen LogP contribution in [0.5, 0.6) is 0 Å². The van der Waals surface area contributed by atoms with Gasteiger partial charge in [0.05, 0.1) is 11.4 Å². The lowest BCUT2D eigenvalue weighted by molar-refractivity contribution is 0.889. The van der Waals surface area contributed by atoms with Crippen LogP contribution >= 0.6 is 11.6 Å². The zero-order valence-corrected chi connectivity index (χ0v) is 11.1. The number of hydrogen-bond acceptors (Lipinski definition) is 4. The molecule has 2 aromatic rings. The van der Waals surface area contributed by atoms with Crippen molar-refractivity contribution in [3.05, 3.63) is 46.9 Å². The number of nitrogens with zero attached hydrogens (tertiary/aromatic N) is 3. The molecule has 0 saturated heterocycles. The van der Waals surface area contributed by atoms with Crippen LogP contribution in [0.1, 0.15) is 11.3 Å². The summed E-state index contributed by atoms with van der Waals surface area (Å²) in [6.07, 6.45) is 0. The number of anilines is 2. The van der Waals surface area contributed by atoms with Gasteiger partial charge in [0.25, 0.3) is 0 Å². The molecule has 0 radical (unpaired) electrons. The summed E-state index contributed by atoms with van der Waals surface area (Å²) in [7, 11) is 1.93. The van der Waals surface area contributed by atoms with Gasteiger partial charge in [0, 0.05) is 13.6 Å². The fourth-order valence-corrected chi connectivity index (χ4v) is 1.96. The summed E-state index contributed by atoms with van der Waals surface area (Å²) >= 11 is 5.86. The molecule has 0 aliphatic rings. The zero-order chi connectivity index (χ0) is 13.1. The van der Waals surface area contributed by atoms with Crippen molar-refractivity contribution in [2.24, 2.45) is 0 Å². The van der Waals surface area contributed by atoms with Crippen molar-refractivity contribution in [1.82, 2.24) is 9.97 Å². The number of halogens is 1. The number of hydrogen-bond donors (Lipinski definition) is 1. The molecule has 0 amide bonds. The highest BCUT2D eigenvalue weighted by Gasteiger charge is 2.12. The second-order valence-corrected chi connectivity index (χ2v) is 4.50. The van der Waals surface area contributed by atoms with Gasteiger partial charge in [0.15, 0.2) is 5.82 Å². The summed E-state index contributed by atoms with van der Waals surface area (Å²) in [5, 5.41) is 0.219. The number of nitrogens with two attached hydrogens (primary N) is 1. The fourth-order valence-electron chi connectivity index (χ4n) is 1.76. The molecule has 0 bridgehead atoms. The Kier molecular flexibility index (Phi) is 3.67. The summed E-state index contributed by atoms with van der Waals surface area (Å²) in [4.78, 5) is 10.2. The van der Waals surface area contributed by atoms with Crippen LogP contribution < -0.4 is 10.6 Å². The van der Waals surface area contributed by atoms with E-state index in [0.717, 1.165) is 6.54 Å². The SMILES string of the molecule is Cc1nc(Cl)nc(N(C)Cc2ccccc2)c1N. The molecular formula is C13H15ClN4. The van der Waals surface area contributed by atoms with Crippen molar-refractivity contribution in [2.45, 2.75) is 13.5 Å². The van der Waals surface area contributed by atoms with Crippen LogP contribution in [0.2, 0.25) is 5.28 Å². The van der Waals surface area contributed by atoms with E-state index < -0.39 is 0 Å². The minimum atomic E-state index is 0.219. The topological polar surface area (TPSA) is 55.0 Å². The highest BCUT2D eigenvalue weighted by atomic mass is 35.5. The molecule has 18 heavy (non-hydrogen) atoms. The third kappa shape index (κ3) is 2.71. The van der Waals surface area contributed by atoms with Crippen molar-refractivity contribution in [1.29, 1.82) is 0 Å². The second kappa shape index (κ2) is 5.23. The zero-order valence-electron chi connectivity index (χ0n) is 10.4. The normalized spacial score (nSPS) is 10.4. The molecule has 0 atom stereocenters. The quantitative estimate of drug-likeness (QED) is 0.864. The summed E-state index contributed by atoms with van der Waals surface area (Å²) in [5.74, 6) is 0.663. The Balaban J connectivity index is 2.26. The van der Waals surface area contributed by atoms with Gasteiger partial charge in [-0.1, -0.05) is 30.3 Å². The second-order valence-electron chi connectivity index (χ2n) is 4.16. The van der Waals surface area contributed by atoms with Gasteiger partial charge in [-0.2, -0.15) is 4.98 Å². The van der Waals surface area contributed by atoms with Gasteiger partial charge in [-0.05, 0) is 24.1 Å². The fraction of sp³-hybridized carbons (Fsp3) is 0.231. The first-order chi connectivity index (χ1) is 8.58. The lowest BCUT2D eigenvalue weighted by atomic mass is 10.2. The van der Waals surface area contributed by atoms with Crippen molar-refractivity contribution in [3.8, 4) is 0 Å². The van der Waals surface area contributed by atoms with Crippen LogP contribution in [0, 0.1) is 6.92 Å². The molecule has 0 saturated carbocycles. The van der Waals surface area contributed by atoms with E-state index in [2.05, 4.69) is 22.1 Å². The van der Waals surface area contributed by atoms with Gasteiger partial charge in [0.1, 0.15) is 0 Å². The monoisotopic (exact) mass is 262 g/mol. The molecule has 0 fully saturated rings. The van der Waals surface area contributed by atoms with Crippen LogP contribution in [-0.2, 0) is 6.54 Å². The van der Waals surface area contributed by atoms with Gasteiger partial charge < -0.3 is 10.6 Å². The van der Waals surface area contributed by atoms with Crippen LogP contribution in [0.3, 0.4) is 0 Å². The first kappa shape index (κ1) is 12.6. The third-order valence-corrected chi connectivity index (χ3v) is 2.88. The largest absolute Gasteiger partial charge is 0.394 e. The van der Waals surface area contributed by atoms with Crippen LogP contribution in [0.25, 0.3) is 0 Å². The average molecular weight is 263 g/mol. The smallest absolute Gasteiger partial charge is 0.224 e. The standard InChI is InChI=1S/C13H15ClN4/c1-9-11(15)12(17-13(14)16-9)18(2)8-10-6-4-3-5-7-10/h3-7H,8,15H2,1-2H3. The van der Waals surface area contributed by atoms with E-state index in [9.17, 15) is 0 Å². The average Bonchev–Trinajstić information content (AvgIpc) is 2.35. The summed E-state index contributed by atoms with van der Waals surface area (Å²) in [6.45, 7) is 2.54. The Morgan fingerprint density at radius 3 is 2.56 bits per heavy atom. The van der Waals surface area contributed by atoms with Crippen molar-refractivity contribution >= 4 is 23.1 Å². The summed E-state index contributed by atoms with van der Waals surface area (Å²) < 4.78 is 0. The predicted molar refractivity (Wildman–Crippen MR) is 74.7 cm³/mol. The molecule has 1 aromatic heterocycles. The third-order valence-electron chi connectivity index (χ3n) is 2.71. The van der Waals surface area contributed by atoms with E-state index >= 15 is 0 Å². The van der Waals surface area contributed by atoms with Gasteiger partial charge in [-0.15, -0.1) is 0 Å². The van der Waals surface area contributed by atoms with Gasteiger partial charge >= 0.3 is 0 Å². The van der Waals surface area contributed by atoms with Gasteiger partial charge in [0.2, 0.25) is 5.28 Å². The van der Waals surface area contributed by atoms with E-state index in [1.165, 1.54) is 5.56 Å². The molecule has 1 aromatic carbocycles. The van der Waals surface area contributed by atoms with E-state index in [-0.39, 0.29) is 5.28 Å². The lowest BCUT2D eigenvalue weighted by Crippen LogP contribution is -2.20. The molecule has 2 rings (SSSR count). The summed E-state index contributed by atoms with van der Waals surface area (Å²) in [6, 6.07) is 10.1. The van der Waals surface area contributed by atoms with Crippen LogP contribution in [-0.4, -0.2) is 17.0 Å². The molecule has 94 valence electrons. The molecule has 0 spiro atoms. The molecule has 0 aliphatic carbocycles. The Bertz CT molecular complexity index is 542. The maximum atomic E-state index is 5.98. The highest BCUT2D eigenvalue weighted by Crippen LogP contribution is 2.24. The van der Waals surface area contributed by atoms with Crippen LogP contribution in [0.15, 0.2) is 30.3 Å². The molecule has 1 heterocycles. The lowest BCUT2D eigenvalue weighted by Gasteiger charge is -2.20. The Morgan fingerprint density at radius 1 is 1.22 bits per heavy atom. The molecular weight excluding hydrogens is 248 g/mol. The van der Waals surface area contributed by atoms with Crippen LogP contribution in [0.4, 0.5) is 11.5 Å². The van der Waals surface area contributed by atoms with Crippen molar-refractivity contribution < 1.29 is 0 Å². The Labute approximate surface area is 111 Å². The molecule has 5 heteroatoms. The number of aromatic nitrogens is 2. The number of nitrogen functional groups attached to an aromatic ring is 1. The van der Waals surface area contributed by atoms with E-state index in [1.807, 2.05) is 37.1 Å². The number of rotatable bonds is 3. The van der Waals surface area contributed by atoms with Crippen molar-refractivity contribution in [2.75, 3.05) is 17.7 Å². The maximum absolute atomic E-state index is 5.98. The first-order valence-electron chi connectivity index (χ1n) is 5.62. The first-order valence-corrected chi connectivity index (χ1v) is 6.00. The maximum Gasteiger partial charge on any atom is 0.224 e. The highest BCUT2D eigenvalue weighted by molar-refractivity contribution is 6.28. The number of aryl methyl sites for hydroxylation is 1. The predicted octanol–water partition coefficient (Wildman–Crippen LogP) is 2.66.